The lowest BCUT2D eigenvalue weighted by molar-refractivity contribution is -0.0789. The molecule has 0 bridgehead atoms. The number of rotatable bonds is 3. The minimum Gasteiger partial charge on any atom is -0.365 e. The van der Waals surface area contributed by atoms with Crippen molar-refractivity contribution in [3.8, 4) is 0 Å². The van der Waals surface area contributed by atoms with Gasteiger partial charge in [-0.05, 0) is 19.1 Å². The van der Waals surface area contributed by atoms with Gasteiger partial charge in [-0.3, -0.25) is 4.79 Å². The molecule has 2 aromatic rings. The van der Waals surface area contributed by atoms with E-state index in [9.17, 15) is 4.79 Å². The summed E-state index contributed by atoms with van der Waals surface area (Å²) in [6.45, 7) is 4.05. The van der Waals surface area contributed by atoms with Crippen molar-refractivity contribution in [2.75, 3.05) is 13.1 Å². The molecule has 0 atom stereocenters. The van der Waals surface area contributed by atoms with Crippen LogP contribution in [0.15, 0.2) is 29.1 Å². The van der Waals surface area contributed by atoms with Crippen molar-refractivity contribution < 1.29 is 4.74 Å². The van der Waals surface area contributed by atoms with Gasteiger partial charge in [0.25, 0.3) is 5.56 Å². The summed E-state index contributed by atoms with van der Waals surface area (Å²) in [5, 5.41) is 3.77. The average Bonchev–Trinajstić information content (AvgIpc) is 2.34. The molecule has 18 heavy (non-hydrogen) atoms. The molecule has 0 unspecified atom stereocenters. The average molecular weight is 245 g/mol. The van der Waals surface area contributed by atoms with E-state index < -0.39 is 0 Å². The van der Waals surface area contributed by atoms with E-state index in [1.54, 1.807) is 6.07 Å². The Morgan fingerprint density at radius 3 is 2.89 bits per heavy atom. The Kier molecular flexibility index (Phi) is 2.65. The van der Waals surface area contributed by atoms with Crippen molar-refractivity contribution in [3.05, 3.63) is 40.4 Å². The first-order valence-corrected chi connectivity index (χ1v) is 5.99. The van der Waals surface area contributed by atoms with E-state index in [0.29, 0.717) is 23.3 Å². The van der Waals surface area contributed by atoms with E-state index in [1.807, 2.05) is 25.1 Å². The number of fused-ring (bicyclic) bond motifs is 1. The zero-order chi connectivity index (χ0) is 12.6. The Labute approximate surface area is 104 Å². The molecule has 0 saturated carbocycles. The lowest BCUT2D eigenvalue weighted by Crippen LogP contribution is -2.58. The third-order valence-corrected chi connectivity index (χ3v) is 3.22. The third-order valence-electron chi connectivity index (χ3n) is 3.22. The number of aromatic amines is 1. The Morgan fingerprint density at radius 1 is 1.39 bits per heavy atom. The summed E-state index contributed by atoms with van der Waals surface area (Å²) >= 11 is 0. The number of nitrogens with one attached hydrogen (secondary N) is 2. The van der Waals surface area contributed by atoms with Crippen LogP contribution in [0.4, 0.5) is 0 Å². The van der Waals surface area contributed by atoms with E-state index in [1.165, 1.54) is 0 Å². The molecule has 1 aliphatic heterocycles. The van der Waals surface area contributed by atoms with Crippen LogP contribution in [-0.2, 0) is 11.3 Å². The minimum atomic E-state index is -0.135. The molecule has 2 N–H and O–H groups in total. The highest BCUT2D eigenvalue weighted by molar-refractivity contribution is 5.77. The monoisotopic (exact) mass is 245 g/mol. The summed E-state index contributed by atoms with van der Waals surface area (Å²) in [4.78, 5) is 19.0. The fourth-order valence-electron chi connectivity index (χ4n) is 2.02. The van der Waals surface area contributed by atoms with Gasteiger partial charge < -0.3 is 15.0 Å². The molecular weight excluding hydrogens is 230 g/mol. The summed E-state index contributed by atoms with van der Waals surface area (Å²) in [7, 11) is 0. The van der Waals surface area contributed by atoms with Crippen LogP contribution in [0.2, 0.25) is 0 Å². The van der Waals surface area contributed by atoms with Crippen LogP contribution in [0.1, 0.15) is 12.7 Å². The zero-order valence-corrected chi connectivity index (χ0v) is 10.2. The second-order valence-electron chi connectivity index (χ2n) is 4.87. The number of hydrogen-bond acceptors (Lipinski definition) is 4. The Bertz CT molecular complexity index is 631. The number of hydrogen-bond donors (Lipinski definition) is 2. The lowest BCUT2D eigenvalue weighted by Gasteiger charge is -2.38. The summed E-state index contributed by atoms with van der Waals surface area (Å²) < 4.78 is 5.76. The van der Waals surface area contributed by atoms with Crippen LogP contribution < -0.4 is 10.9 Å². The highest BCUT2D eigenvalue weighted by atomic mass is 16.5. The molecule has 1 saturated heterocycles. The molecule has 1 fully saturated rings. The van der Waals surface area contributed by atoms with Crippen molar-refractivity contribution in [2.45, 2.75) is 19.1 Å². The van der Waals surface area contributed by atoms with Gasteiger partial charge in [0, 0.05) is 13.1 Å². The van der Waals surface area contributed by atoms with Gasteiger partial charge >= 0.3 is 0 Å². The molecule has 94 valence electrons. The van der Waals surface area contributed by atoms with Crippen LogP contribution in [0.5, 0.6) is 0 Å². The normalized spacial score (nSPS) is 17.6. The van der Waals surface area contributed by atoms with E-state index in [4.69, 9.17) is 4.74 Å². The molecule has 0 aliphatic carbocycles. The van der Waals surface area contributed by atoms with E-state index >= 15 is 0 Å². The number of benzene rings is 1. The van der Waals surface area contributed by atoms with Gasteiger partial charge in [0.1, 0.15) is 12.4 Å². The molecule has 0 spiro atoms. The molecular formula is C13H15N3O2. The fraction of sp³-hybridized carbons (Fsp3) is 0.385. The van der Waals surface area contributed by atoms with Gasteiger partial charge in [-0.25, -0.2) is 4.98 Å². The number of aromatic nitrogens is 2. The fourth-order valence-corrected chi connectivity index (χ4v) is 2.02. The van der Waals surface area contributed by atoms with Crippen molar-refractivity contribution in [1.82, 2.24) is 15.3 Å². The van der Waals surface area contributed by atoms with E-state index in [2.05, 4.69) is 15.3 Å². The topological polar surface area (TPSA) is 67.0 Å². The predicted molar refractivity (Wildman–Crippen MR) is 68.4 cm³/mol. The molecule has 5 heteroatoms. The molecule has 2 heterocycles. The van der Waals surface area contributed by atoms with Gasteiger partial charge in [0.15, 0.2) is 0 Å². The first-order chi connectivity index (χ1) is 8.66. The molecule has 0 amide bonds. The highest BCUT2D eigenvalue weighted by Gasteiger charge is 2.32. The molecule has 0 radical (unpaired) electrons. The maximum atomic E-state index is 11.8. The van der Waals surface area contributed by atoms with Gasteiger partial charge in [-0.2, -0.15) is 0 Å². The molecule has 1 aliphatic rings. The number of H-pyrrole nitrogens is 1. The van der Waals surface area contributed by atoms with Crippen molar-refractivity contribution in [1.29, 1.82) is 0 Å². The maximum Gasteiger partial charge on any atom is 0.258 e. The van der Waals surface area contributed by atoms with Crippen molar-refractivity contribution in [3.63, 3.8) is 0 Å². The quantitative estimate of drug-likeness (QED) is 0.839. The third kappa shape index (κ3) is 2.02. The SMILES string of the molecule is CC1(OCc2nc3ccccc3c(=O)[nH]2)CNC1. The number of ether oxygens (including phenoxy) is 1. The second-order valence-corrected chi connectivity index (χ2v) is 4.87. The van der Waals surface area contributed by atoms with Crippen molar-refractivity contribution in [2.24, 2.45) is 0 Å². The minimum absolute atomic E-state index is 0.115. The number of para-hydroxylation sites is 1. The van der Waals surface area contributed by atoms with Crippen LogP contribution in [0.3, 0.4) is 0 Å². The van der Waals surface area contributed by atoms with Gasteiger partial charge in [0.05, 0.1) is 16.5 Å². The summed E-state index contributed by atoms with van der Waals surface area (Å²) in [6, 6.07) is 7.30. The zero-order valence-electron chi connectivity index (χ0n) is 10.2. The van der Waals surface area contributed by atoms with Crippen LogP contribution >= 0.6 is 0 Å². The van der Waals surface area contributed by atoms with E-state index in [-0.39, 0.29) is 11.2 Å². The molecule has 5 nitrogen and oxygen atoms in total. The smallest absolute Gasteiger partial charge is 0.258 e. The predicted octanol–water partition coefficient (Wildman–Crippen LogP) is 0.802. The first-order valence-electron chi connectivity index (χ1n) is 5.99. The molecule has 1 aromatic carbocycles. The van der Waals surface area contributed by atoms with Crippen molar-refractivity contribution >= 4 is 10.9 Å². The van der Waals surface area contributed by atoms with Gasteiger partial charge in [-0.1, -0.05) is 12.1 Å². The summed E-state index contributed by atoms with van der Waals surface area (Å²) in [5.74, 6) is 0.576. The van der Waals surface area contributed by atoms with Crippen LogP contribution in [0.25, 0.3) is 10.9 Å². The molecule has 3 rings (SSSR count). The summed E-state index contributed by atoms with van der Waals surface area (Å²) in [5.41, 5.74) is 0.456. The second kappa shape index (κ2) is 4.19. The standard InChI is InChI=1S/C13H15N3O2/c1-13(7-14-8-13)18-6-11-15-10-5-3-2-4-9(10)12(17)16-11/h2-5,14H,6-8H2,1H3,(H,15,16,17). The summed E-state index contributed by atoms with van der Waals surface area (Å²) in [6.07, 6.45) is 0. The number of nitrogens with zero attached hydrogens (tertiary/aromatic N) is 1. The maximum absolute atomic E-state index is 11.8. The Balaban J connectivity index is 1.86. The Morgan fingerprint density at radius 2 is 2.17 bits per heavy atom. The molecule has 1 aromatic heterocycles. The largest absolute Gasteiger partial charge is 0.365 e. The first kappa shape index (κ1) is 11.4. The van der Waals surface area contributed by atoms with E-state index in [0.717, 1.165) is 13.1 Å². The highest BCUT2D eigenvalue weighted by Crippen LogP contribution is 2.17. The lowest BCUT2D eigenvalue weighted by atomic mass is 10.0. The van der Waals surface area contributed by atoms with Gasteiger partial charge in [-0.15, -0.1) is 0 Å². The Hall–Kier alpha value is -1.72. The van der Waals surface area contributed by atoms with Crippen LogP contribution in [0, 0.1) is 0 Å². The van der Waals surface area contributed by atoms with Crippen LogP contribution in [-0.4, -0.2) is 28.7 Å². The van der Waals surface area contributed by atoms with Gasteiger partial charge in [0.2, 0.25) is 0 Å².